The summed E-state index contributed by atoms with van der Waals surface area (Å²) in [6, 6.07) is 21.2. The molecule has 1 aliphatic heterocycles. The van der Waals surface area contributed by atoms with Gasteiger partial charge in [0.1, 0.15) is 54.1 Å². The van der Waals surface area contributed by atoms with Crippen LogP contribution in [0.15, 0.2) is 79.1 Å². The first-order valence-electron chi connectivity index (χ1n) is 14.8. The van der Waals surface area contributed by atoms with E-state index < -0.39 is 50.3 Å². The average molecular weight is 649 g/mol. The van der Waals surface area contributed by atoms with Crippen molar-refractivity contribution in [3.63, 3.8) is 0 Å². The lowest BCUT2D eigenvalue weighted by atomic mass is 9.92. The number of nitrogen functional groups attached to an aromatic ring is 1. The Balaban J connectivity index is 1.26. The molecule has 0 radical (unpaired) electrons. The number of aliphatic hydroxyl groups excluding tert-OH is 2. The third-order valence-corrected chi connectivity index (χ3v) is 9.65. The first-order chi connectivity index (χ1) is 22.2. The van der Waals surface area contributed by atoms with E-state index in [2.05, 4.69) is 15.2 Å². The number of fused-ring (bicyclic) bond motifs is 1. The van der Waals surface area contributed by atoms with E-state index in [1.807, 2.05) is 36.4 Å². The van der Waals surface area contributed by atoms with Gasteiger partial charge in [-0.1, -0.05) is 48.5 Å². The minimum atomic E-state index is -4.43. The molecule has 0 unspecified atom stereocenters. The number of aromatic nitrogens is 3. The van der Waals surface area contributed by atoms with Crippen LogP contribution in [0.1, 0.15) is 30.5 Å². The molecule has 0 amide bonds. The van der Waals surface area contributed by atoms with Gasteiger partial charge in [-0.2, -0.15) is 15.4 Å². The maximum atomic E-state index is 14.4. The van der Waals surface area contributed by atoms with Gasteiger partial charge in [0, 0.05) is 0 Å². The normalized spacial score (nSPS) is 24.8. The molecule has 0 spiro atoms. The van der Waals surface area contributed by atoms with E-state index in [1.54, 1.807) is 36.4 Å². The fourth-order valence-corrected chi connectivity index (χ4v) is 6.89. The largest absolute Gasteiger partial charge is 0.461 e. The zero-order chi connectivity index (χ0) is 32.3. The van der Waals surface area contributed by atoms with E-state index in [0.29, 0.717) is 5.52 Å². The van der Waals surface area contributed by atoms with Crippen molar-refractivity contribution in [2.24, 2.45) is 0 Å². The Morgan fingerprint density at radius 2 is 1.87 bits per heavy atom. The number of carbonyl (C=O) groups is 1. The van der Waals surface area contributed by atoms with Crippen molar-refractivity contribution in [2.45, 2.75) is 61.7 Å². The first kappa shape index (κ1) is 31.6. The number of carbonyl (C=O) groups excluding carboxylic acids is 1. The molecule has 6 atom stereocenters. The van der Waals surface area contributed by atoms with Gasteiger partial charge in [-0.3, -0.25) is 9.32 Å². The number of nitrogens with zero attached hydrogens (tertiary/aromatic N) is 4. The van der Waals surface area contributed by atoms with Gasteiger partial charge in [0.15, 0.2) is 5.82 Å². The van der Waals surface area contributed by atoms with Crippen LogP contribution in [0.3, 0.4) is 0 Å². The summed E-state index contributed by atoms with van der Waals surface area (Å²) in [5, 5.41) is 39.3. The lowest BCUT2D eigenvalue weighted by Gasteiger charge is -2.30. The number of anilines is 1. The Morgan fingerprint density at radius 1 is 1.15 bits per heavy atom. The number of ether oxygens (including phenoxy) is 2. The molecule has 2 aromatic carbocycles. The molecular weight excluding hydrogens is 615 g/mol. The summed E-state index contributed by atoms with van der Waals surface area (Å²) in [7, 11) is -4.43. The van der Waals surface area contributed by atoms with E-state index in [9.17, 15) is 24.8 Å². The van der Waals surface area contributed by atoms with Crippen LogP contribution >= 0.6 is 7.75 Å². The molecule has 1 saturated heterocycles. The molecule has 15 heteroatoms. The molecule has 0 bridgehead atoms. The minimum absolute atomic E-state index is 0.0941. The van der Waals surface area contributed by atoms with Crippen LogP contribution < -0.4 is 15.3 Å². The van der Waals surface area contributed by atoms with Crippen molar-refractivity contribution >= 4 is 25.1 Å². The molecule has 4 aromatic rings. The fraction of sp³-hybridized carbons (Fsp3) is 0.355. The van der Waals surface area contributed by atoms with Crippen molar-refractivity contribution in [2.75, 3.05) is 12.3 Å². The highest BCUT2D eigenvalue weighted by Gasteiger charge is 2.58. The van der Waals surface area contributed by atoms with Crippen molar-refractivity contribution < 1.29 is 38.1 Å². The maximum absolute atomic E-state index is 14.4. The standard InChI is InChI=1S/C31H33N6O8P/c32-18-31(26-15-14-24-29(33)34-19-35-37(24)26)28(39)27(38)25(44-31)17-42-46(41,45-22-10-5-2-6-11-22)36-23(16-20-8-3-1-4-9-20)30(40)43-21-12-7-13-21/h1-6,8-11,14-15,19,21,23,25,27-28,38-39H,7,12-13,16-17H2,(H,36,41)(H2,33,34,35)/t23-,25+,27+,28+,31-,46+/m0/s1. The maximum Gasteiger partial charge on any atom is 0.459 e. The molecule has 46 heavy (non-hydrogen) atoms. The van der Waals surface area contributed by atoms with Gasteiger partial charge in [-0.25, -0.2) is 14.1 Å². The summed E-state index contributed by atoms with van der Waals surface area (Å²) < 4.78 is 39.0. The van der Waals surface area contributed by atoms with Crippen LogP contribution in [-0.4, -0.2) is 67.8 Å². The predicted octanol–water partition coefficient (Wildman–Crippen LogP) is 2.65. The van der Waals surface area contributed by atoms with Gasteiger partial charge in [0.05, 0.1) is 12.3 Å². The Morgan fingerprint density at radius 3 is 2.54 bits per heavy atom. The topological polar surface area (TPSA) is 204 Å². The summed E-state index contributed by atoms with van der Waals surface area (Å²) in [5.74, 6) is -0.305. The van der Waals surface area contributed by atoms with E-state index in [0.717, 1.165) is 24.8 Å². The van der Waals surface area contributed by atoms with Crippen molar-refractivity contribution in [1.29, 1.82) is 5.26 Å². The molecule has 2 fully saturated rings. The smallest absolute Gasteiger partial charge is 0.459 e. The van der Waals surface area contributed by atoms with Crippen molar-refractivity contribution in [3.05, 3.63) is 90.4 Å². The van der Waals surface area contributed by atoms with E-state index in [-0.39, 0.29) is 29.8 Å². The Hall–Kier alpha value is -4.35. The Bertz CT molecular complexity index is 1770. The van der Waals surface area contributed by atoms with Crippen LogP contribution in [0.5, 0.6) is 5.75 Å². The minimum Gasteiger partial charge on any atom is -0.461 e. The quantitative estimate of drug-likeness (QED) is 0.129. The van der Waals surface area contributed by atoms with Crippen molar-refractivity contribution in [3.8, 4) is 11.8 Å². The molecule has 240 valence electrons. The van der Waals surface area contributed by atoms with Gasteiger partial charge in [-0.15, -0.1) is 0 Å². The fourth-order valence-electron chi connectivity index (χ4n) is 5.39. The molecule has 1 saturated carbocycles. The number of esters is 1. The van der Waals surface area contributed by atoms with E-state index in [4.69, 9.17) is 24.3 Å². The summed E-state index contributed by atoms with van der Waals surface area (Å²) >= 11 is 0. The van der Waals surface area contributed by atoms with Crippen LogP contribution in [0.25, 0.3) is 5.52 Å². The molecule has 6 rings (SSSR count). The summed E-state index contributed by atoms with van der Waals surface area (Å²) in [6.07, 6.45) is -1.26. The van der Waals surface area contributed by atoms with Crippen LogP contribution in [0.2, 0.25) is 0 Å². The monoisotopic (exact) mass is 648 g/mol. The van der Waals surface area contributed by atoms with E-state index >= 15 is 0 Å². The highest BCUT2D eigenvalue weighted by Crippen LogP contribution is 2.47. The number of hydrogen-bond acceptors (Lipinski definition) is 12. The second kappa shape index (κ2) is 13.2. The third-order valence-electron chi connectivity index (χ3n) is 8.08. The van der Waals surface area contributed by atoms with Crippen molar-refractivity contribution in [1.82, 2.24) is 19.7 Å². The highest BCUT2D eigenvalue weighted by molar-refractivity contribution is 7.52. The summed E-state index contributed by atoms with van der Waals surface area (Å²) in [5.41, 5.74) is 5.07. The van der Waals surface area contributed by atoms with Gasteiger partial charge >= 0.3 is 13.7 Å². The second-order valence-electron chi connectivity index (χ2n) is 11.2. The number of nitrogens with two attached hydrogens (primary N) is 1. The van der Waals surface area contributed by atoms with Crippen LogP contribution in [0.4, 0.5) is 5.82 Å². The number of benzene rings is 2. The number of nitrogens with one attached hydrogen (secondary N) is 1. The Labute approximate surface area is 264 Å². The summed E-state index contributed by atoms with van der Waals surface area (Å²) in [4.78, 5) is 17.3. The number of nitriles is 1. The first-order valence-corrected chi connectivity index (χ1v) is 16.3. The number of hydrogen-bond donors (Lipinski definition) is 4. The number of rotatable bonds is 12. The number of para-hydroxylation sites is 1. The highest BCUT2D eigenvalue weighted by atomic mass is 31.2. The van der Waals surface area contributed by atoms with Gasteiger partial charge in [0.25, 0.3) is 0 Å². The van der Waals surface area contributed by atoms with Gasteiger partial charge < -0.3 is 29.9 Å². The predicted molar refractivity (Wildman–Crippen MR) is 163 cm³/mol. The second-order valence-corrected chi connectivity index (χ2v) is 12.9. The zero-order valence-corrected chi connectivity index (χ0v) is 25.5. The lowest BCUT2D eigenvalue weighted by molar-refractivity contribution is -0.155. The van der Waals surface area contributed by atoms with Crippen LogP contribution in [-0.2, 0) is 35.4 Å². The molecule has 1 aliphatic carbocycles. The lowest BCUT2D eigenvalue weighted by Crippen LogP contribution is -2.42. The van der Waals surface area contributed by atoms with Crippen LogP contribution in [0, 0.1) is 11.3 Å². The molecular formula is C31H33N6O8P. The van der Waals surface area contributed by atoms with Gasteiger partial charge in [-0.05, 0) is 55.5 Å². The molecule has 14 nitrogen and oxygen atoms in total. The van der Waals surface area contributed by atoms with E-state index in [1.165, 1.54) is 16.9 Å². The summed E-state index contributed by atoms with van der Waals surface area (Å²) in [6.45, 7) is -0.602. The average Bonchev–Trinajstić information content (AvgIpc) is 3.59. The number of aliphatic hydroxyl groups is 2. The SMILES string of the molecule is N#C[C@@]1(c2ccc3c(N)ncnn23)O[C@H](CO[P@](=O)(N[C@@H](Cc2ccccc2)C(=O)OC2CCC2)Oc2ccccc2)[C@@H](O)[C@H]1O. The molecule has 2 aromatic heterocycles. The van der Waals surface area contributed by atoms with Gasteiger partial charge in [0.2, 0.25) is 5.60 Å². The Kier molecular flexibility index (Phi) is 9.06. The third kappa shape index (κ3) is 6.34. The molecule has 2 aliphatic rings. The molecule has 5 N–H and O–H groups in total. The molecule has 3 heterocycles. The zero-order valence-electron chi connectivity index (χ0n) is 24.6.